The lowest BCUT2D eigenvalue weighted by Crippen LogP contribution is -2.40. The number of fused-ring (bicyclic) bond motifs is 1. The van der Waals surface area contributed by atoms with Gasteiger partial charge in [0.25, 0.3) is 6.43 Å². The number of alkyl halides is 2. The molecule has 25 heavy (non-hydrogen) atoms. The maximum atomic E-state index is 12.9. The van der Waals surface area contributed by atoms with Gasteiger partial charge in [0.1, 0.15) is 0 Å². The summed E-state index contributed by atoms with van der Waals surface area (Å²) in [5, 5.41) is 11.8. The van der Waals surface area contributed by atoms with Crippen LogP contribution in [0.25, 0.3) is 11.1 Å². The first-order valence-electron chi connectivity index (χ1n) is 8.29. The largest absolute Gasteiger partial charge is 0.465 e. The molecule has 0 saturated heterocycles. The highest BCUT2D eigenvalue weighted by atomic mass is 19.3. The van der Waals surface area contributed by atoms with Crippen LogP contribution in [0.5, 0.6) is 0 Å². The molecule has 0 spiro atoms. The zero-order chi connectivity index (χ0) is 18.2. The Morgan fingerprint density at radius 1 is 1.20 bits per heavy atom. The van der Waals surface area contributed by atoms with Gasteiger partial charge in [-0.05, 0) is 46.6 Å². The number of nitrogens with one attached hydrogen (secondary N) is 1. The lowest BCUT2D eigenvalue weighted by Gasteiger charge is -2.40. The van der Waals surface area contributed by atoms with Crippen molar-refractivity contribution in [2.45, 2.75) is 39.2 Å². The SMILES string of the molecule is CC1(C)CCc2cc(-c3cccc(C(F)F)c3)ccc2[C@H]1NC(=O)O. The number of halogens is 2. The van der Waals surface area contributed by atoms with Gasteiger partial charge in [-0.1, -0.05) is 50.2 Å². The van der Waals surface area contributed by atoms with Crippen LogP contribution in [0, 0.1) is 5.41 Å². The number of rotatable bonds is 3. The summed E-state index contributed by atoms with van der Waals surface area (Å²) < 4.78 is 25.9. The Balaban J connectivity index is 2.00. The number of amides is 1. The van der Waals surface area contributed by atoms with Gasteiger partial charge in [-0.25, -0.2) is 13.6 Å². The third kappa shape index (κ3) is 3.50. The molecule has 1 amide bonds. The fourth-order valence-electron chi connectivity index (χ4n) is 3.56. The van der Waals surface area contributed by atoms with Crippen LogP contribution in [0.15, 0.2) is 42.5 Å². The van der Waals surface area contributed by atoms with Gasteiger partial charge < -0.3 is 10.4 Å². The van der Waals surface area contributed by atoms with E-state index >= 15 is 0 Å². The molecule has 2 aromatic carbocycles. The molecule has 5 heteroatoms. The highest BCUT2D eigenvalue weighted by molar-refractivity contribution is 5.68. The number of hydrogen-bond donors (Lipinski definition) is 2. The lowest BCUT2D eigenvalue weighted by atomic mass is 9.70. The number of hydrogen-bond acceptors (Lipinski definition) is 1. The van der Waals surface area contributed by atoms with Crippen molar-refractivity contribution in [3.05, 3.63) is 59.2 Å². The minimum atomic E-state index is -2.50. The predicted molar refractivity (Wildman–Crippen MR) is 92.8 cm³/mol. The topological polar surface area (TPSA) is 49.3 Å². The minimum absolute atomic E-state index is 0.00164. The first kappa shape index (κ1) is 17.4. The van der Waals surface area contributed by atoms with Crippen molar-refractivity contribution in [3.63, 3.8) is 0 Å². The van der Waals surface area contributed by atoms with Crippen molar-refractivity contribution < 1.29 is 18.7 Å². The molecule has 2 aromatic rings. The Hall–Kier alpha value is -2.43. The molecule has 3 rings (SSSR count). The standard InChI is InChI=1S/C20H21F2NO2/c1-20(2)9-8-14-10-13(6-7-16(14)17(20)23-19(24)25)12-4-3-5-15(11-12)18(21)22/h3-7,10-11,17-18,23H,8-9H2,1-2H3,(H,24,25)/t17-/m1/s1. The second-order valence-corrected chi connectivity index (χ2v) is 7.21. The van der Waals surface area contributed by atoms with Crippen molar-refractivity contribution in [3.8, 4) is 11.1 Å². The van der Waals surface area contributed by atoms with Gasteiger partial charge in [0.2, 0.25) is 0 Å². The summed E-state index contributed by atoms with van der Waals surface area (Å²) in [7, 11) is 0. The van der Waals surface area contributed by atoms with Gasteiger partial charge in [0.05, 0.1) is 6.04 Å². The zero-order valence-electron chi connectivity index (χ0n) is 14.2. The van der Waals surface area contributed by atoms with Crippen LogP contribution < -0.4 is 5.32 Å². The van der Waals surface area contributed by atoms with E-state index in [4.69, 9.17) is 5.11 Å². The quantitative estimate of drug-likeness (QED) is 0.764. The van der Waals surface area contributed by atoms with Crippen LogP contribution in [0.2, 0.25) is 0 Å². The van der Waals surface area contributed by atoms with E-state index in [-0.39, 0.29) is 17.0 Å². The van der Waals surface area contributed by atoms with E-state index in [9.17, 15) is 13.6 Å². The van der Waals surface area contributed by atoms with Crippen LogP contribution in [0.4, 0.5) is 13.6 Å². The summed E-state index contributed by atoms with van der Waals surface area (Å²) >= 11 is 0. The summed E-state index contributed by atoms with van der Waals surface area (Å²) in [5.41, 5.74) is 3.47. The van der Waals surface area contributed by atoms with Crippen LogP contribution in [0.1, 0.15) is 49.4 Å². The van der Waals surface area contributed by atoms with E-state index in [1.54, 1.807) is 6.07 Å². The summed E-state index contributed by atoms with van der Waals surface area (Å²) in [6.07, 6.45) is -1.85. The summed E-state index contributed by atoms with van der Waals surface area (Å²) in [6.45, 7) is 4.10. The maximum Gasteiger partial charge on any atom is 0.405 e. The second kappa shape index (κ2) is 6.47. The maximum absolute atomic E-state index is 12.9. The molecule has 0 bridgehead atoms. The zero-order valence-corrected chi connectivity index (χ0v) is 14.2. The van der Waals surface area contributed by atoms with E-state index in [0.29, 0.717) is 0 Å². The molecule has 0 saturated carbocycles. The number of benzene rings is 2. The fourth-order valence-corrected chi connectivity index (χ4v) is 3.56. The van der Waals surface area contributed by atoms with Crippen molar-refractivity contribution in [1.82, 2.24) is 5.32 Å². The molecular weight excluding hydrogens is 324 g/mol. The fraction of sp³-hybridized carbons (Fsp3) is 0.350. The predicted octanol–water partition coefficient (Wildman–Crippen LogP) is 5.57. The number of carbonyl (C=O) groups is 1. The van der Waals surface area contributed by atoms with Crippen LogP contribution in [-0.4, -0.2) is 11.2 Å². The molecule has 0 aliphatic heterocycles. The Morgan fingerprint density at radius 3 is 2.60 bits per heavy atom. The van der Waals surface area contributed by atoms with Gasteiger partial charge in [-0.3, -0.25) is 0 Å². The molecule has 1 atom stereocenters. The average Bonchev–Trinajstić information content (AvgIpc) is 2.57. The van der Waals surface area contributed by atoms with Gasteiger partial charge in [0.15, 0.2) is 0 Å². The van der Waals surface area contributed by atoms with Crippen LogP contribution in [0.3, 0.4) is 0 Å². The van der Waals surface area contributed by atoms with Crippen molar-refractivity contribution in [2.24, 2.45) is 5.41 Å². The van der Waals surface area contributed by atoms with Crippen LogP contribution >= 0.6 is 0 Å². The van der Waals surface area contributed by atoms with Crippen molar-refractivity contribution in [1.29, 1.82) is 0 Å². The van der Waals surface area contributed by atoms with Crippen LogP contribution in [-0.2, 0) is 6.42 Å². The molecule has 0 fully saturated rings. The molecule has 3 nitrogen and oxygen atoms in total. The van der Waals surface area contributed by atoms with Crippen molar-refractivity contribution >= 4 is 6.09 Å². The highest BCUT2D eigenvalue weighted by Crippen LogP contribution is 2.44. The summed E-state index contributed by atoms with van der Waals surface area (Å²) in [6, 6.07) is 11.9. The molecule has 0 heterocycles. The Bertz CT molecular complexity index is 802. The van der Waals surface area contributed by atoms with Crippen molar-refractivity contribution in [2.75, 3.05) is 0 Å². The van der Waals surface area contributed by atoms with Gasteiger partial charge >= 0.3 is 6.09 Å². The molecule has 132 valence electrons. The first-order valence-corrected chi connectivity index (χ1v) is 8.29. The Kier molecular flexibility index (Phi) is 4.50. The molecule has 1 aliphatic rings. The lowest BCUT2D eigenvalue weighted by molar-refractivity contribution is 0.151. The van der Waals surface area contributed by atoms with E-state index < -0.39 is 12.5 Å². The van der Waals surface area contributed by atoms with E-state index in [1.165, 1.54) is 12.1 Å². The normalized spacial score (nSPS) is 18.7. The molecule has 0 aromatic heterocycles. The molecule has 1 aliphatic carbocycles. The smallest absolute Gasteiger partial charge is 0.405 e. The molecule has 0 unspecified atom stereocenters. The Morgan fingerprint density at radius 2 is 1.92 bits per heavy atom. The minimum Gasteiger partial charge on any atom is -0.465 e. The number of carboxylic acid groups (broad SMARTS) is 1. The van der Waals surface area contributed by atoms with E-state index in [0.717, 1.165) is 35.1 Å². The molecular formula is C20H21F2NO2. The number of aryl methyl sites for hydroxylation is 1. The van der Waals surface area contributed by atoms with E-state index in [1.807, 2.05) is 24.3 Å². The third-order valence-electron chi connectivity index (χ3n) is 5.01. The first-order chi connectivity index (χ1) is 11.8. The average molecular weight is 345 g/mol. The summed E-state index contributed by atoms with van der Waals surface area (Å²) in [5.74, 6) is 0. The molecule has 2 N–H and O–H groups in total. The van der Waals surface area contributed by atoms with Gasteiger partial charge in [0, 0.05) is 5.56 Å². The van der Waals surface area contributed by atoms with Gasteiger partial charge in [-0.2, -0.15) is 0 Å². The molecule has 0 radical (unpaired) electrons. The summed E-state index contributed by atoms with van der Waals surface area (Å²) in [4.78, 5) is 11.2. The third-order valence-corrected chi connectivity index (χ3v) is 5.01. The highest BCUT2D eigenvalue weighted by Gasteiger charge is 2.37. The Labute approximate surface area is 145 Å². The van der Waals surface area contributed by atoms with Gasteiger partial charge in [-0.15, -0.1) is 0 Å². The second-order valence-electron chi connectivity index (χ2n) is 7.21. The monoisotopic (exact) mass is 345 g/mol. The van der Waals surface area contributed by atoms with E-state index in [2.05, 4.69) is 19.2 Å².